The molecule has 0 aliphatic rings. The Morgan fingerprint density at radius 3 is 2.06 bits per heavy atom. The molecule has 0 saturated heterocycles. The minimum atomic E-state index is -4.65. The van der Waals surface area contributed by atoms with E-state index in [0.717, 1.165) is 0 Å². The average Bonchev–Trinajstić information content (AvgIpc) is 2.43. The molecule has 89 valence electrons. The summed E-state index contributed by atoms with van der Waals surface area (Å²) in [6.45, 7) is 0. The van der Waals surface area contributed by atoms with E-state index in [1.54, 1.807) is 0 Å². The first-order valence-corrected chi connectivity index (χ1v) is 5.82. The zero-order chi connectivity index (χ0) is 16.7. The van der Waals surface area contributed by atoms with E-state index in [0.29, 0.717) is 5.56 Å². The molecule has 0 heterocycles. The molecule has 0 aromatic heterocycles. The quantitative estimate of drug-likeness (QED) is 0.696. The molecule has 1 N–H and O–H groups in total. The third-order valence-electron chi connectivity index (χ3n) is 1.84. The summed E-state index contributed by atoms with van der Waals surface area (Å²) in [5.41, 5.74) is 0.282. The second kappa shape index (κ2) is 6.81. The Hall–Kier alpha value is -0.214. The number of hydrogen-bond acceptors (Lipinski definition) is 3. The molecule has 2 aromatic rings. The maximum absolute atomic E-state index is 10.6. The molecule has 0 unspecified atom stereocenters. The number of hydrogen-bond donors (Lipinski definition) is 1. The van der Waals surface area contributed by atoms with Crippen LogP contribution >= 0.6 is 0 Å². The van der Waals surface area contributed by atoms with Crippen LogP contribution in [0.5, 0.6) is 5.75 Å². The first-order valence-electron chi connectivity index (χ1n) is 6.96. The summed E-state index contributed by atoms with van der Waals surface area (Å²) < 4.78 is 72.4. The van der Waals surface area contributed by atoms with E-state index in [1.807, 2.05) is 0 Å². The second-order valence-electron chi connectivity index (χ2n) is 3.04. The summed E-state index contributed by atoms with van der Waals surface area (Å²) in [7, 11) is -4.65. The molecular weight excluding hydrogens is 279 g/mol. The van der Waals surface area contributed by atoms with E-state index < -0.39 is 28.5 Å². The van der Waals surface area contributed by atoms with Crippen molar-refractivity contribution in [3.8, 4) is 16.9 Å². The number of benzene rings is 2. The van der Waals surface area contributed by atoms with Crippen LogP contribution in [0.4, 0.5) is 0 Å². The average molecular weight is 294 g/mol. The Balaban J connectivity index is 0.00000264. The third kappa shape index (κ3) is 4.81. The van der Waals surface area contributed by atoms with E-state index in [-0.39, 0.29) is 74.8 Å². The van der Waals surface area contributed by atoms with Crippen LogP contribution in [0, 0.1) is 0 Å². The van der Waals surface area contributed by atoms with Crippen molar-refractivity contribution in [2.45, 2.75) is 0 Å². The molecule has 0 aliphatic heterocycles. The van der Waals surface area contributed by atoms with Gasteiger partial charge in [-0.05, 0) is 23.3 Å². The van der Waals surface area contributed by atoms with Gasteiger partial charge in [-0.15, -0.1) is 0 Å². The largest absolute Gasteiger partial charge is 0.446 e. The molecule has 0 spiro atoms. The number of rotatable bonds is 3. The molecule has 0 bridgehead atoms. The monoisotopic (exact) mass is 294 g/mol. The van der Waals surface area contributed by atoms with Gasteiger partial charge < -0.3 is 4.18 Å². The van der Waals surface area contributed by atoms with Crippen molar-refractivity contribution >= 4 is 61.8 Å². The van der Waals surface area contributed by atoms with Crippen LogP contribution in [0.3, 0.4) is 0 Å². The van der Waals surface area contributed by atoms with Gasteiger partial charge in [0.25, 0.3) is 0 Å². The molecule has 18 heavy (non-hydrogen) atoms. The SMILES string of the molecule is [2H]c1c([2H])c([2H])c(-c2ccc(OS(=O)(=O)O)cc2)c([2H])c1[2H].[K]. The van der Waals surface area contributed by atoms with Crippen molar-refractivity contribution in [1.82, 2.24) is 0 Å². The van der Waals surface area contributed by atoms with Crippen LogP contribution in [-0.4, -0.2) is 64.4 Å². The Morgan fingerprint density at radius 1 is 1.00 bits per heavy atom. The van der Waals surface area contributed by atoms with Crippen molar-refractivity contribution in [2.75, 3.05) is 0 Å². The van der Waals surface area contributed by atoms with Gasteiger partial charge in [-0.25, -0.2) is 0 Å². The Bertz CT molecular complexity index is 811. The van der Waals surface area contributed by atoms with Gasteiger partial charge in [0, 0.05) is 51.4 Å². The summed E-state index contributed by atoms with van der Waals surface area (Å²) in [6.07, 6.45) is 0. The van der Waals surface area contributed by atoms with Gasteiger partial charge in [0.05, 0.1) is 6.85 Å². The van der Waals surface area contributed by atoms with E-state index >= 15 is 0 Å². The van der Waals surface area contributed by atoms with Crippen molar-refractivity contribution < 1.29 is 24.0 Å². The van der Waals surface area contributed by atoms with Crippen LogP contribution < -0.4 is 4.18 Å². The van der Waals surface area contributed by atoms with Crippen LogP contribution in [0.15, 0.2) is 54.5 Å². The van der Waals surface area contributed by atoms with Crippen molar-refractivity contribution in [2.24, 2.45) is 0 Å². The maximum atomic E-state index is 10.6. The van der Waals surface area contributed by atoms with Gasteiger partial charge in [-0.2, -0.15) is 8.42 Å². The molecule has 0 saturated carbocycles. The summed E-state index contributed by atoms with van der Waals surface area (Å²) in [4.78, 5) is 0. The normalized spacial score (nSPS) is 14.4. The predicted molar refractivity (Wildman–Crippen MR) is 69.8 cm³/mol. The van der Waals surface area contributed by atoms with Gasteiger partial charge in [-0.1, -0.05) is 42.3 Å². The van der Waals surface area contributed by atoms with Crippen molar-refractivity contribution in [1.29, 1.82) is 0 Å². The molecule has 0 fully saturated rings. The van der Waals surface area contributed by atoms with E-state index in [4.69, 9.17) is 11.4 Å². The predicted octanol–water partition coefficient (Wildman–Crippen LogP) is 2.15. The first-order chi connectivity index (χ1) is 10.1. The topological polar surface area (TPSA) is 63.6 Å². The van der Waals surface area contributed by atoms with E-state index in [9.17, 15) is 8.42 Å². The first kappa shape index (κ1) is 9.65. The second-order valence-corrected chi connectivity index (χ2v) is 4.06. The molecule has 2 rings (SSSR count). The fourth-order valence-corrected chi connectivity index (χ4v) is 1.55. The van der Waals surface area contributed by atoms with Gasteiger partial charge in [0.2, 0.25) is 0 Å². The van der Waals surface area contributed by atoms with Crippen LogP contribution in [0.2, 0.25) is 0 Å². The van der Waals surface area contributed by atoms with Gasteiger partial charge >= 0.3 is 10.4 Å². The minimum absolute atomic E-state index is 0. The van der Waals surface area contributed by atoms with Gasteiger partial charge in [-0.3, -0.25) is 4.55 Å². The van der Waals surface area contributed by atoms with Crippen LogP contribution in [-0.2, 0) is 10.4 Å². The van der Waals surface area contributed by atoms with Crippen LogP contribution in [0.1, 0.15) is 6.85 Å². The fraction of sp³-hybridized carbons (Fsp3) is 0. The van der Waals surface area contributed by atoms with Crippen molar-refractivity contribution in [3.05, 3.63) is 54.5 Å². The molecule has 4 nitrogen and oxygen atoms in total. The van der Waals surface area contributed by atoms with E-state index in [2.05, 4.69) is 4.18 Å². The minimum Gasteiger partial charge on any atom is -0.362 e. The standard InChI is InChI=1S/C12H10O4S.K/c13-17(14,15)16-12-8-6-11(7-9-12)10-4-2-1-3-5-10;/h1-9H,(H,13,14,15);/i1D,2D,3D,4D,5D;. The summed E-state index contributed by atoms with van der Waals surface area (Å²) >= 11 is 0. The molecule has 1 radical (unpaired) electrons. The Labute approximate surface area is 155 Å². The van der Waals surface area contributed by atoms with Crippen molar-refractivity contribution in [3.63, 3.8) is 0 Å². The smallest absolute Gasteiger partial charge is 0.362 e. The molecular formula is C12H10KO4S. The summed E-state index contributed by atoms with van der Waals surface area (Å²) in [5.74, 6) is -0.168. The molecule has 0 aliphatic carbocycles. The molecule has 6 heteroatoms. The summed E-state index contributed by atoms with van der Waals surface area (Å²) in [5, 5.41) is 0. The van der Waals surface area contributed by atoms with Crippen LogP contribution in [0.25, 0.3) is 11.1 Å². The fourth-order valence-electron chi connectivity index (χ4n) is 1.19. The van der Waals surface area contributed by atoms with E-state index in [1.165, 1.54) is 24.3 Å². The Kier molecular flexibility index (Phi) is 3.65. The molecule has 0 atom stereocenters. The van der Waals surface area contributed by atoms with Gasteiger partial charge in [0.1, 0.15) is 5.75 Å². The molecule has 2 aromatic carbocycles. The summed E-state index contributed by atoms with van der Waals surface area (Å²) in [6, 6.07) is 2.90. The van der Waals surface area contributed by atoms with Gasteiger partial charge in [0.15, 0.2) is 0 Å². The Morgan fingerprint density at radius 2 is 1.56 bits per heavy atom. The zero-order valence-corrected chi connectivity index (χ0v) is 13.3. The third-order valence-corrected chi connectivity index (χ3v) is 2.25. The zero-order valence-electron chi connectivity index (χ0n) is 14.4. The molecule has 0 amide bonds. The maximum Gasteiger partial charge on any atom is 0.446 e.